The van der Waals surface area contributed by atoms with Crippen LogP contribution in [0.25, 0.3) is 0 Å². The normalized spacial score (nSPS) is 27.5. The zero-order valence-corrected chi connectivity index (χ0v) is 5.92. The van der Waals surface area contributed by atoms with E-state index in [4.69, 9.17) is 0 Å². The maximum atomic E-state index is 10.9. The van der Waals surface area contributed by atoms with E-state index >= 15 is 0 Å². The fourth-order valence-corrected chi connectivity index (χ4v) is 0.935. The van der Waals surface area contributed by atoms with Gasteiger partial charge in [0.25, 0.3) is 0 Å². The second-order valence-electron chi connectivity index (χ2n) is 2.54. The summed E-state index contributed by atoms with van der Waals surface area (Å²) in [6.45, 7) is 2.02. The van der Waals surface area contributed by atoms with Crippen LogP contribution in [0.5, 0.6) is 0 Å². The SMILES string of the molecule is C[C@@H]1CC(=O)OCCC1=O. The first-order chi connectivity index (χ1) is 4.70. The Morgan fingerprint density at radius 1 is 1.50 bits per heavy atom. The van der Waals surface area contributed by atoms with E-state index in [2.05, 4.69) is 4.74 Å². The number of cyclic esters (lactones) is 1. The zero-order valence-electron chi connectivity index (χ0n) is 5.92. The van der Waals surface area contributed by atoms with Gasteiger partial charge in [0.1, 0.15) is 5.78 Å². The van der Waals surface area contributed by atoms with Gasteiger partial charge in [-0.1, -0.05) is 6.92 Å². The molecule has 0 unspecified atom stereocenters. The molecule has 1 atom stereocenters. The molecule has 0 amide bonds. The summed E-state index contributed by atoms with van der Waals surface area (Å²) < 4.78 is 4.68. The van der Waals surface area contributed by atoms with Gasteiger partial charge in [-0.15, -0.1) is 0 Å². The molecule has 1 rings (SSSR count). The Labute approximate surface area is 59.4 Å². The maximum absolute atomic E-state index is 10.9. The molecule has 0 bridgehead atoms. The molecule has 0 spiro atoms. The third-order valence-corrected chi connectivity index (χ3v) is 1.63. The lowest BCUT2D eigenvalue weighted by Gasteiger charge is -1.99. The Bertz CT molecular complexity index is 162. The minimum Gasteiger partial charge on any atom is -0.465 e. The number of Topliss-reactive ketones (excluding diaryl/α,β-unsaturated/α-hetero) is 1. The summed E-state index contributed by atoms with van der Waals surface area (Å²) in [5.41, 5.74) is 0. The monoisotopic (exact) mass is 142 g/mol. The van der Waals surface area contributed by atoms with Crippen LogP contribution < -0.4 is 0 Å². The average Bonchev–Trinajstić information content (AvgIpc) is 1.96. The van der Waals surface area contributed by atoms with Crippen molar-refractivity contribution in [2.24, 2.45) is 5.92 Å². The van der Waals surface area contributed by atoms with Gasteiger partial charge >= 0.3 is 5.97 Å². The van der Waals surface area contributed by atoms with Crippen molar-refractivity contribution in [1.82, 2.24) is 0 Å². The van der Waals surface area contributed by atoms with Crippen LogP contribution in [0, 0.1) is 5.92 Å². The van der Waals surface area contributed by atoms with Crippen LogP contribution in [-0.2, 0) is 14.3 Å². The van der Waals surface area contributed by atoms with Crippen molar-refractivity contribution in [3.05, 3.63) is 0 Å². The molecule has 1 saturated heterocycles. The van der Waals surface area contributed by atoms with E-state index in [1.807, 2.05) is 0 Å². The third kappa shape index (κ3) is 1.56. The molecule has 0 N–H and O–H groups in total. The largest absolute Gasteiger partial charge is 0.465 e. The first kappa shape index (κ1) is 7.25. The van der Waals surface area contributed by atoms with E-state index in [9.17, 15) is 9.59 Å². The van der Waals surface area contributed by atoms with Crippen molar-refractivity contribution < 1.29 is 14.3 Å². The number of ether oxygens (including phenoxy) is 1. The Hall–Kier alpha value is -0.860. The second kappa shape index (κ2) is 2.82. The zero-order chi connectivity index (χ0) is 7.56. The Kier molecular flexibility index (Phi) is 2.04. The van der Waals surface area contributed by atoms with E-state index in [-0.39, 0.29) is 30.7 Å². The van der Waals surface area contributed by atoms with Crippen LogP contribution in [0.15, 0.2) is 0 Å². The van der Waals surface area contributed by atoms with Gasteiger partial charge < -0.3 is 4.74 Å². The van der Waals surface area contributed by atoms with Crippen LogP contribution >= 0.6 is 0 Å². The minimum absolute atomic E-state index is 0.130. The number of carbonyl (C=O) groups is 2. The van der Waals surface area contributed by atoms with Crippen molar-refractivity contribution >= 4 is 11.8 Å². The molecular formula is C7H10O3. The van der Waals surface area contributed by atoms with Crippen molar-refractivity contribution in [1.29, 1.82) is 0 Å². The van der Waals surface area contributed by atoms with Gasteiger partial charge in [0.2, 0.25) is 0 Å². The first-order valence-corrected chi connectivity index (χ1v) is 3.38. The number of ketones is 1. The van der Waals surface area contributed by atoms with Crippen LogP contribution in [0.4, 0.5) is 0 Å². The molecule has 10 heavy (non-hydrogen) atoms. The molecule has 3 heteroatoms. The fraction of sp³-hybridized carbons (Fsp3) is 0.714. The Balaban J connectivity index is 2.57. The standard InChI is InChI=1S/C7H10O3/c1-5-4-7(9)10-3-2-6(5)8/h5H,2-4H2,1H3/t5-/m1/s1. The predicted octanol–water partition coefficient (Wildman–Crippen LogP) is 0.529. The van der Waals surface area contributed by atoms with Crippen molar-refractivity contribution in [3.8, 4) is 0 Å². The maximum Gasteiger partial charge on any atom is 0.306 e. The van der Waals surface area contributed by atoms with Crippen LogP contribution in [0.2, 0.25) is 0 Å². The van der Waals surface area contributed by atoms with Gasteiger partial charge in [-0.2, -0.15) is 0 Å². The molecule has 0 aromatic carbocycles. The number of hydrogen-bond acceptors (Lipinski definition) is 3. The molecule has 1 aliphatic rings. The van der Waals surface area contributed by atoms with E-state index in [0.717, 1.165) is 0 Å². The van der Waals surface area contributed by atoms with Gasteiger partial charge in [0.15, 0.2) is 0 Å². The Morgan fingerprint density at radius 3 is 2.90 bits per heavy atom. The highest BCUT2D eigenvalue weighted by molar-refractivity contribution is 5.86. The van der Waals surface area contributed by atoms with E-state index in [0.29, 0.717) is 6.42 Å². The lowest BCUT2D eigenvalue weighted by atomic mass is 10.0. The molecule has 0 aromatic heterocycles. The minimum atomic E-state index is -0.252. The average molecular weight is 142 g/mol. The molecule has 3 nitrogen and oxygen atoms in total. The van der Waals surface area contributed by atoms with E-state index < -0.39 is 0 Å². The smallest absolute Gasteiger partial charge is 0.306 e. The summed E-state index contributed by atoms with van der Waals surface area (Å²) in [6, 6.07) is 0. The molecule has 1 aliphatic heterocycles. The van der Waals surface area contributed by atoms with Crippen LogP contribution in [0.1, 0.15) is 19.8 Å². The van der Waals surface area contributed by atoms with Crippen molar-refractivity contribution in [3.63, 3.8) is 0 Å². The van der Waals surface area contributed by atoms with Gasteiger partial charge in [0, 0.05) is 12.3 Å². The molecule has 0 aromatic rings. The summed E-state index contributed by atoms with van der Waals surface area (Å²) in [7, 11) is 0. The molecule has 56 valence electrons. The van der Waals surface area contributed by atoms with Gasteiger partial charge in [-0.25, -0.2) is 0 Å². The van der Waals surface area contributed by atoms with Crippen LogP contribution in [-0.4, -0.2) is 18.4 Å². The van der Waals surface area contributed by atoms with Gasteiger partial charge in [-0.05, 0) is 0 Å². The van der Waals surface area contributed by atoms with E-state index in [1.54, 1.807) is 6.92 Å². The second-order valence-corrected chi connectivity index (χ2v) is 2.54. The predicted molar refractivity (Wildman–Crippen MR) is 34.4 cm³/mol. The number of esters is 1. The number of rotatable bonds is 0. The highest BCUT2D eigenvalue weighted by Crippen LogP contribution is 2.11. The first-order valence-electron chi connectivity index (χ1n) is 3.38. The number of hydrogen-bond donors (Lipinski definition) is 0. The lowest BCUT2D eigenvalue weighted by molar-refractivity contribution is -0.143. The summed E-state index contributed by atoms with van der Waals surface area (Å²) >= 11 is 0. The number of carbonyl (C=O) groups excluding carboxylic acids is 2. The van der Waals surface area contributed by atoms with Gasteiger partial charge in [-0.3, -0.25) is 9.59 Å². The van der Waals surface area contributed by atoms with Crippen molar-refractivity contribution in [2.75, 3.05) is 6.61 Å². The molecular weight excluding hydrogens is 132 g/mol. The molecule has 0 radical (unpaired) electrons. The summed E-state index contributed by atoms with van der Waals surface area (Å²) in [6.07, 6.45) is 0.631. The van der Waals surface area contributed by atoms with Gasteiger partial charge in [0.05, 0.1) is 13.0 Å². The molecule has 0 saturated carbocycles. The van der Waals surface area contributed by atoms with E-state index in [1.165, 1.54) is 0 Å². The fourth-order valence-electron chi connectivity index (χ4n) is 0.935. The highest BCUT2D eigenvalue weighted by atomic mass is 16.5. The lowest BCUT2D eigenvalue weighted by Crippen LogP contribution is -2.10. The highest BCUT2D eigenvalue weighted by Gasteiger charge is 2.21. The summed E-state index contributed by atoms with van der Waals surface area (Å²) in [5, 5.41) is 0. The molecule has 1 fully saturated rings. The Morgan fingerprint density at radius 2 is 2.20 bits per heavy atom. The topological polar surface area (TPSA) is 43.4 Å². The quantitative estimate of drug-likeness (QED) is 0.463. The molecule has 1 heterocycles. The summed E-state index contributed by atoms with van der Waals surface area (Å²) in [5.74, 6) is -0.265. The molecule has 0 aliphatic carbocycles. The summed E-state index contributed by atoms with van der Waals surface area (Å²) in [4.78, 5) is 21.6. The van der Waals surface area contributed by atoms with Crippen LogP contribution in [0.3, 0.4) is 0 Å². The third-order valence-electron chi connectivity index (χ3n) is 1.63. The van der Waals surface area contributed by atoms with Crippen molar-refractivity contribution in [2.45, 2.75) is 19.8 Å².